The maximum atomic E-state index is 5.00. The van der Waals surface area contributed by atoms with E-state index in [1.54, 1.807) is 0 Å². The van der Waals surface area contributed by atoms with Gasteiger partial charge in [-0.1, -0.05) is 326 Å². The Morgan fingerprint density at radius 3 is 0.882 bits per heavy atom. The van der Waals surface area contributed by atoms with E-state index >= 15 is 0 Å². The predicted molar refractivity (Wildman–Crippen MR) is 421 cm³/mol. The van der Waals surface area contributed by atoms with E-state index in [1.165, 1.54) is 100 Å². The van der Waals surface area contributed by atoms with E-state index in [2.05, 4.69) is 241 Å². The second-order valence-electron chi connectivity index (χ2n) is 31.5. The van der Waals surface area contributed by atoms with Gasteiger partial charge in [0.15, 0.2) is 34.9 Å². The summed E-state index contributed by atoms with van der Waals surface area (Å²) in [6, 6.07) is 99.8. The Balaban J connectivity index is 0.000000152. The Hall–Kier alpha value is -11.3. The number of aromatic nitrogens is 6. The third-order valence-electron chi connectivity index (χ3n) is 24.1. The maximum Gasteiger partial charge on any atom is 0.164 e. The van der Waals surface area contributed by atoms with E-state index in [4.69, 9.17) is 29.9 Å². The Morgan fingerprint density at radius 1 is 0.167 bits per heavy atom. The summed E-state index contributed by atoms with van der Waals surface area (Å²) in [6.45, 7) is 29.0. The van der Waals surface area contributed by atoms with Gasteiger partial charge in [0.2, 0.25) is 0 Å². The van der Waals surface area contributed by atoms with Crippen molar-refractivity contribution >= 4 is 0 Å². The minimum absolute atomic E-state index is 0.00108. The number of nitrogens with zero attached hydrogens (tertiary/aromatic N) is 6. The van der Waals surface area contributed by atoms with Crippen molar-refractivity contribution in [3.63, 3.8) is 0 Å². The van der Waals surface area contributed by atoms with E-state index < -0.39 is 0 Å². The van der Waals surface area contributed by atoms with Gasteiger partial charge in [-0.25, -0.2) is 29.9 Å². The van der Waals surface area contributed by atoms with Crippen molar-refractivity contribution in [3.05, 3.63) is 324 Å². The average molecular weight is 1320 g/mol. The van der Waals surface area contributed by atoms with E-state index in [0.29, 0.717) is 34.9 Å². The summed E-state index contributed by atoms with van der Waals surface area (Å²) in [5.74, 6) is 3.99. The number of rotatable bonds is 8. The molecular weight excluding hydrogens is 1240 g/mol. The van der Waals surface area contributed by atoms with Crippen molar-refractivity contribution in [2.75, 3.05) is 0 Å². The highest BCUT2D eigenvalue weighted by Crippen LogP contribution is 2.62. The average Bonchev–Trinajstić information content (AvgIpc) is 1.49. The second kappa shape index (κ2) is 23.6. The Bertz CT molecular complexity index is 5520. The molecule has 0 amide bonds. The van der Waals surface area contributed by atoms with Crippen LogP contribution in [0.5, 0.6) is 0 Å². The number of hydrogen-bond donors (Lipinski definition) is 0. The summed E-state index contributed by atoms with van der Waals surface area (Å²) in [4.78, 5) is 29.8. The highest BCUT2D eigenvalue weighted by atomic mass is 15.0. The van der Waals surface area contributed by atoms with Crippen LogP contribution in [0.1, 0.15) is 128 Å². The second-order valence-corrected chi connectivity index (χ2v) is 31.5. The van der Waals surface area contributed by atoms with Crippen LogP contribution in [0.2, 0.25) is 0 Å². The summed E-state index contributed by atoms with van der Waals surface area (Å²) in [6.07, 6.45) is 0. The van der Waals surface area contributed by atoms with Crippen LogP contribution >= 0.6 is 0 Å². The first-order valence-corrected chi connectivity index (χ1v) is 35.9. The molecule has 0 bridgehead atoms. The van der Waals surface area contributed by atoms with Gasteiger partial charge >= 0.3 is 0 Å². The molecule has 12 aromatic carbocycles. The first kappa shape index (κ1) is 64.1. The molecule has 0 radical (unpaired) electrons. The molecule has 496 valence electrons. The van der Waals surface area contributed by atoms with Crippen molar-refractivity contribution < 1.29 is 0 Å². The van der Waals surface area contributed by atoms with Crippen LogP contribution in [0.25, 0.3) is 135 Å². The predicted octanol–water partition coefficient (Wildman–Crippen LogP) is 24.2. The van der Waals surface area contributed by atoms with Crippen LogP contribution < -0.4 is 0 Å². The first-order valence-electron chi connectivity index (χ1n) is 35.9. The summed E-state index contributed by atoms with van der Waals surface area (Å²) in [5.41, 5.74) is 32.3. The van der Waals surface area contributed by atoms with Crippen LogP contribution in [-0.2, 0) is 32.5 Å². The topological polar surface area (TPSA) is 77.3 Å². The Kier molecular flexibility index (Phi) is 14.8. The molecule has 6 heteroatoms. The molecule has 2 heterocycles. The van der Waals surface area contributed by atoms with Gasteiger partial charge in [0, 0.05) is 44.2 Å². The molecule has 0 unspecified atom stereocenters. The molecule has 0 atom stereocenters. The largest absolute Gasteiger partial charge is 0.208 e. The van der Waals surface area contributed by atoms with Crippen LogP contribution in [-0.4, -0.2) is 29.9 Å². The van der Waals surface area contributed by atoms with Crippen LogP contribution in [0.15, 0.2) is 279 Å². The molecule has 0 spiro atoms. The maximum absolute atomic E-state index is 5.00. The molecule has 2 aromatic heterocycles. The molecule has 4 aliphatic rings. The minimum Gasteiger partial charge on any atom is -0.208 e. The van der Waals surface area contributed by atoms with Gasteiger partial charge in [-0.15, -0.1) is 0 Å². The van der Waals surface area contributed by atoms with Gasteiger partial charge in [-0.05, 0) is 169 Å². The first-order chi connectivity index (χ1) is 49.1. The Morgan fingerprint density at radius 2 is 0.441 bits per heavy atom. The van der Waals surface area contributed by atoms with Gasteiger partial charge in [0.1, 0.15) is 0 Å². The van der Waals surface area contributed by atoms with Crippen molar-refractivity contribution in [2.45, 2.75) is 116 Å². The normalized spacial score (nSPS) is 15.7. The molecule has 0 fully saturated rings. The highest BCUT2D eigenvalue weighted by Gasteiger charge is 2.52. The summed E-state index contributed by atoms with van der Waals surface area (Å²) >= 11 is 0. The van der Waals surface area contributed by atoms with Crippen molar-refractivity contribution in [2.24, 2.45) is 0 Å². The lowest BCUT2D eigenvalue weighted by Gasteiger charge is -2.50. The summed E-state index contributed by atoms with van der Waals surface area (Å²) in [5, 5.41) is 0. The van der Waals surface area contributed by atoms with Crippen LogP contribution in [0.3, 0.4) is 0 Å². The quantitative estimate of drug-likeness (QED) is 0.151. The lowest BCUT2D eigenvalue weighted by molar-refractivity contribution is 0.295. The highest BCUT2D eigenvalue weighted by molar-refractivity contribution is 5.93. The zero-order valence-electron chi connectivity index (χ0n) is 60.2. The van der Waals surface area contributed by atoms with Gasteiger partial charge < -0.3 is 0 Å². The molecule has 14 aromatic rings. The van der Waals surface area contributed by atoms with E-state index in [9.17, 15) is 0 Å². The number of fused-ring (bicyclic) bond motifs is 13. The van der Waals surface area contributed by atoms with Gasteiger partial charge in [0.25, 0.3) is 0 Å². The van der Waals surface area contributed by atoms with E-state index in [-0.39, 0.29) is 32.5 Å². The molecule has 0 N–H and O–H groups in total. The molecule has 0 aliphatic heterocycles. The fraction of sp³-hybridized carbons (Fsp3) is 0.188. The number of benzene rings is 12. The van der Waals surface area contributed by atoms with Crippen molar-refractivity contribution in [1.82, 2.24) is 29.9 Å². The third-order valence-corrected chi connectivity index (χ3v) is 24.1. The zero-order valence-corrected chi connectivity index (χ0v) is 60.2. The molecule has 6 nitrogen and oxygen atoms in total. The monoisotopic (exact) mass is 1320 g/mol. The molecule has 102 heavy (non-hydrogen) atoms. The standard InChI is InChI=1S/2C48H41N3/c1-46(2)40-27-33(24-25-36(40)37-29-42-38(28-41(37)46)35-22-13-14-23-39(35)47(3,4)48(42,5)6)32-20-15-21-34(26-32)45-50-43(30-16-9-7-10-17-30)49-44(51-45)31-18-11-8-12-19-31;1-46(2)40-29-33(24-25-36(40)37-26-27-38-35-22-13-14-23-39(35)47(3,4)48(5,6)42(38)41(37)46)32-20-15-21-34(28-32)45-50-43(30-16-9-7-10-17-30)49-44(51-45)31-18-11-8-12-19-31/h2*7-29H,1-6H3. The van der Waals surface area contributed by atoms with Crippen LogP contribution in [0, 0.1) is 0 Å². The van der Waals surface area contributed by atoms with E-state index in [1.807, 2.05) is 121 Å². The van der Waals surface area contributed by atoms with Crippen LogP contribution in [0.4, 0.5) is 0 Å². The van der Waals surface area contributed by atoms with Crippen molar-refractivity contribution in [1.29, 1.82) is 0 Å². The number of hydrogen-bond acceptors (Lipinski definition) is 6. The molecular formula is C96H82N6. The molecule has 0 saturated carbocycles. The SMILES string of the molecule is CC1(C)c2cc(-c3cccc(-c4nc(-c5ccccc5)nc(-c5ccccc5)n4)c3)ccc2-c2cc3c(cc21)-c1ccccc1C(C)(C)C3(C)C.CC1(C)c2cc(-c3cccc(-c4nc(-c5ccccc5)nc(-c5ccccc5)n4)c3)ccc2-c2ccc3c(c21)C(C)(C)C(C)(C)c1ccccc1-3. The Labute approximate surface area is 600 Å². The fourth-order valence-electron chi connectivity index (χ4n) is 17.1. The van der Waals surface area contributed by atoms with Crippen molar-refractivity contribution in [3.8, 4) is 135 Å². The summed E-state index contributed by atoms with van der Waals surface area (Å²) < 4.78 is 0. The smallest absolute Gasteiger partial charge is 0.164 e. The molecule has 0 saturated heterocycles. The minimum atomic E-state index is -0.174. The van der Waals surface area contributed by atoms with Gasteiger partial charge in [0.05, 0.1) is 0 Å². The fourth-order valence-corrected chi connectivity index (χ4v) is 17.1. The van der Waals surface area contributed by atoms with Gasteiger partial charge in [-0.2, -0.15) is 0 Å². The lowest BCUT2D eigenvalue weighted by Crippen LogP contribution is -2.45. The molecule has 18 rings (SSSR count). The third kappa shape index (κ3) is 10.1. The zero-order chi connectivity index (χ0) is 70.2. The summed E-state index contributed by atoms with van der Waals surface area (Å²) in [7, 11) is 0. The molecule has 4 aliphatic carbocycles. The van der Waals surface area contributed by atoms with E-state index in [0.717, 1.165) is 44.5 Å². The lowest BCUT2D eigenvalue weighted by atomic mass is 9.53. The van der Waals surface area contributed by atoms with Gasteiger partial charge in [-0.3, -0.25) is 0 Å².